The van der Waals surface area contributed by atoms with Crippen LogP contribution in [0, 0.1) is 11.3 Å². The second-order valence-corrected chi connectivity index (χ2v) is 4.50. The zero-order valence-electron chi connectivity index (χ0n) is 11.5. The first-order valence-electron chi connectivity index (χ1n) is 6.46. The Labute approximate surface area is 117 Å². The monoisotopic (exact) mass is 274 g/mol. The number of ether oxygens (including phenoxy) is 1. The second-order valence-electron chi connectivity index (χ2n) is 4.50. The van der Waals surface area contributed by atoms with Gasteiger partial charge in [-0.2, -0.15) is 5.26 Å². The maximum atomic E-state index is 9.11. The summed E-state index contributed by atoms with van der Waals surface area (Å²) in [6.07, 6.45) is 3.58. The highest BCUT2D eigenvalue weighted by molar-refractivity contribution is 5.44. The minimum Gasteiger partial charge on any atom is -0.395 e. The van der Waals surface area contributed by atoms with E-state index in [0.717, 1.165) is 17.9 Å². The maximum Gasteiger partial charge on any atom is 0.137 e. The van der Waals surface area contributed by atoms with Gasteiger partial charge in [0.15, 0.2) is 0 Å². The van der Waals surface area contributed by atoms with Crippen LogP contribution in [0.15, 0.2) is 24.5 Å². The number of rotatable bonds is 7. The summed E-state index contributed by atoms with van der Waals surface area (Å²) in [5.74, 6) is 0. The van der Waals surface area contributed by atoms with Gasteiger partial charge < -0.3 is 14.2 Å². The normalized spacial score (nSPS) is 11.1. The number of hydrogen-bond acceptors (Lipinski definition) is 5. The van der Waals surface area contributed by atoms with Crippen molar-refractivity contribution in [2.45, 2.75) is 6.54 Å². The molecule has 0 aliphatic rings. The van der Waals surface area contributed by atoms with Crippen molar-refractivity contribution < 1.29 is 9.84 Å². The average Bonchev–Trinajstić information content (AvgIpc) is 2.87. The molecule has 20 heavy (non-hydrogen) atoms. The van der Waals surface area contributed by atoms with Crippen LogP contribution in [0.3, 0.4) is 0 Å². The molecule has 2 aromatic rings. The minimum atomic E-state index is 0.101. The molecule has 6 heteroatoms. The van der Waals surface area contributed by atoms with Crippen molar-refractivity contribution in [3.05, 3.63) is 35.8 Å². The lowest BCUT2D eigenvalue weighted by Crippen LogP contribution is -2.30. The number of fused-ring (bicyclic) bond motifs is 1. The number of aromatic nitrogens is 2. The van der Waals surface area contributed by atoms with E-state index in [-0.39, 0.29) is 6.61 Å². The molecule has 0 unspecified atom stereocenters. The molecule has 2 heterocycles. The zero-order valence-corrected chi connectivity index (χ0v) is 11.5. The van der Waals surface area contributed by atoms with Gasteiger partial charge in [-0.05, 0) is 12.1 Å². The Kier molecular flexibility index (Phi) is 5.07. The van der Waals surface area contributed by atoms with Gasteiger partial charge in [0.25, 0.3) is 0 Å². The van der Waals surface area contributed by atoms with E-state index < -0.39 is 0 Å². The number of methoxy groups -OCH3 is 1. The quantitative estimate of drug-likeness (QED) is 0.802. The van der Waals surface area contributed by atoms with E-state index in [2.05, 4.69) is 16.0 Å². The fourth-order valence-corrected chi connectivity index (χ4v) is 2.07. The Morgan fingerprint density at radius 1 is 1.45 bits per heavy atom. The molecule has 0 fully saturated rings. The number of hydrogen-bond donors (Lipinski definition) is 1. The smallest absolute Gasteiger partial charge is 0.137 e. The van der Waals surface area contributed by atoms with Crippen molar-refractivity contribution in [2.75, 3.05) is 33.4 Å². The zero-order chi connectivity index (χ0) is 14.4. The summed E-state index contributed by atoms with van der Waals surface area (Å²) in [5.41, 5.74) is 2.40. The van der Waals surface area contributed by atoms with Crippen molar-refractivity contribution in [2.24, 2.45) is 0 Å². The van der Waals surface area contributed by atoms with E-state index in [1.54, 1.807) is 25.6 Å². The lowest BCUT2D eigenvalue weighted by Gasteiger charge is -2.20. The molecule has 0 spiro atoms. The van der Waals surface area contributed by atoms with Gasteiger partial charge in [-0.1, -0.05) is 0 Å². The Morgan fingerprint density at radius 2 is 2.30 bits per heavy atom. The number of pyridine rings is 1. The van der Waals surface area contributed by atoms with E-state index in [1.807, 2.05) is 10.5 Å². The SMILES string of the molecule is COCCN(CCO)Cc1cnc2ccc(C#N)cn12. The molecular formula is C14H18N4O2. The van der Waals surface area contributed by atoms with Gasteiger partial charge >= 0.3 is 0 Å². The van der Waals surface area contributed by atoms with E-state index in [1.165, 1.54) is 0 Å². The highest BCUT2D eigenvalue weighted by Gasteiger charge is 2.10. The standard InChI is InChI=1S/C14H18N4O2/c1-20-7-5-17(4-6-19)11-13-9-16-14-3-2-12(8-15)10-18(13)14/h2-3,9-10,19H,4-7,11H2,1H3. The van der Waals surface area contributed by atoms with Crippen molar-refractivity contribution in [1.29, 1.82) is 5.26 Å². The molecule has 0 aliphatic heterocycles. The van der Waals surface area contributed by atoms with Crippen LogP contribution in [0.4, 0.5) is 0 Å². The van der Waals surface area contributed by atoms with Crippen LogP contribution in [-0.2, 0) is 11.3 Å². The van der Waals surface area contributed by atoms with Crippen LogP contribution >= 0.6 is 0 Å². The van der Waals surface area contributed by atoms with Crippen LogP contribution in [0.5, 0.6) is 0 Å². The number of aliphatic hydroxyl groups is 1. The fraction of sp³-hybridized carbons (Fsp3) is 0.429. The Morgan fingerprint density at radius 3 is 3.00 bits per heavy atom. The van der Waals surface area contributed by atoms with Crippen molar-refractivity contribution in [1.82, 2.24) is 14.3 Å². The summed E-state index contributed by atoms with van der Waals surface area (Å²) < 4.78 is 6.99. The lowest BCUT2D eigenvalue weighted by atomic mass is 10.3. The molecule has 0 amide bonds. The van der Waals surface area contributed by atoms with E-state index in [0.29, 0.717) is 25.3 Å². The third-order valence-electron chi connectivity index (χ3n) is 3.12. The van der Waals surface area contributed by atoms with Crippen LogP contribution in [-0.4, -0.2) is 52.8 Å². The number of aliphatic hydroxyl groups excluding tert-OH is 1. The lowest BCUT2D eigenvalue weighted by molar-refractivity contribution is 0.126. The van der Waals surface area contributed by atoms with Gasteiger partial charge in [0.05, 0.1) is 30.7 Å². The van der Waals surface area contributed by atoms with Crippen LogP contribution < -0.4 is 0 Å². The van der Waals surface area contributed by atoms with Crippen LogP contribution in [0.1, 0.15) is 11.3 Å². The molecule has 0 aliphatic carbocycles. The topological polar surface area (TPSA) is 73.8 Å². The molecule has 0 bridgehead atoms. The molecule has 0 saturated heterocycles. The summed E-state index contributed by atoms with van der Waals surface area (Å²) in [7, 11) is 1.66. The summed E-state index contributed by atoms with van der Waals surface area (Å²) >= 11 is 0. The molecule has 0 aromatic carbocycles. The number of nitriles is 1. The van der Waals surface area contributed by atoms with Gasteiger partial charge in [-0.15, -0.1) is 0 Å². The molecule has 0 radical (unpaired) electrons. The highest BCUT2D eigenvalue weighted by atomic mass is 16.5. The van der Waals surface area contributed by atoms with E-state index in [4.69, 9.17) is 15.1 Å². The Bertz CT molecular complexity index is 603. The summed E-state index contributed by atoms with van der Waals surface area (Å²) in [5, 5.41) is 18.1. The summed E-state index contributed by atoms with van der Waals surface area (Å²) in [6.45, 7) is 2.68. The molecular weight excluding hydrogens is 256 g/mol. The van der Waals surface area contributed by atoms with Crippen LogP contribution in [0.25, 0.3) is 5.65 Å². The maximum absolute atomic E-state index is 9.11. The molecule has 1 N–H and O–H groups in total. The molecule has 106 valence electrons. The van der Waals surface area contributed by atoms with Gasteiger partial charge in [0, 0.05) is 32.9 Å². The first kappa shape index (κ1) is 14.5. The number of imidazole rings is 1. The molecule has 2 rings (SSSR count). The molecule has 2 aromatic heterocycles. The molecule has 0 saturated carbocycles. The molecule has 6 nitrogen and oxygen atoms in total. The summed E-state index contributed by atoms with van der Waals surface area (Å²) in [4.78, 5) is 6.41. The van der Waals surface area contributed by atoms with Gasteiger partial charge in [-0.25, -0.2) is 4.98 Å². The van der Waals surface area contributed by atoms with Gasteiger partial charge in [-0.3, -0.25) is 4.90 Å². The van der Waals surface area contributed by atoms with Crippen molar-refractivity contribution in [3.8, 4) is 6.07 Å². The fourth-order valence-electron chi connectivity index (χ4n) is 2.07. The third kappa shape index (κ3) is 3.33. The largest absolute Gasteiger partial charge is 0.395 e. The predicted molar refractivity (Wildman–Crippen MR) is 74.1 cm³/mol. The van der Waals surface area contributed by atoms with E-state index in [9.17, 15) is 0 Å². The van der Waals surface area contributed by atoms with E-state index >= 15 is 0 Å². The van der Waals surface area contributed by atoms with Crippen molar-refractivity contribution >= 4 is 5.65 Å². The average molecular weight is 274 g/mol. The Balaban J connectivity index is 2.20. The third-order valence-corrected chi connectivity index (χ3v) is 3.12. The van der Waals surface area contributed by atoms with Gasteiger partial charge in [0.2, 0.25) is 0 Å². The highest BCUT2D eigenvalue weighted by Crippen LogP contribution is 2.11. The first-order chi connectivity index (χ1) is 9.78. The predicted octanol–water partition coefficient (Wildman–Crippen LogP) is 0.647. The molecule has 0 atom stereocenters. The second kappa shape index (κ2) is 7.01. The number of nitrogens with zero attached hydrogens (tertiary/aromatic N) is 4. The van der Waals surface area contributed by atoms with Crippen molar-refractivity contribution in [3.63, 3.8) is 0 Å². The minimum absolute atomic E-state index is 0.101. The first-order valence-corrected chi connectivity index (χ1v) is 6.46. The Hall–Kier alpha value is -1.94. The summed E-state index contributed by atoms with van der Waals surface area (Å²) in [6, 6.07) is 5.71. The van der Waals surface area contributed by atoms with Crippen LogP contribution in [0.2, 0.25) is 0 Å². The van der Waals surface area contributed by atoms with Gasteiger partial charge in [0.1, 0.15) is 11.7 Å².